The molecule has 1 N–H and O–H groups in total. The minimum atomic E-state index is -0.224. The van der Waals surface area contributed by atoms with Crippen LogP contribution in [-0.2, 0) is 17.9 Å². The molecule has 0 bridgehead atoms. The van der Waals surface area contributed by atoms with Crippen LogP contribution in [0, 0.1) is 13.8 Å². The number of nitrogens with zero attached hydrogens (tertiary/aromatic N) is 5. The summed E-state index contributed by atoms with van der Waals surface area (Å²) in [6, 6.07) is 15.6. The number of hydrogen-bond acceptors (Lipinski definition) is 5. The zero-order chi connectivity index (χ0) is 22.9. The van der Waals surface area contributed by atoms with Crippen molar-refractivity contribution >= 4 is 38.7 Å². The van der Waals surface area contributed by atoms with Crippen LogP contribution in [0.2, 0.25) is 0 Å². The van der Waals surface area contributed by atoms with E-state index in [0.717, 1.165) is 38.1 Å². The lowest BCUT2D eigenvalue weighted by Gasteiger charge is -2.05. The fraction of sp³-hybridized carbons (Fsp3) is 0.167. The molecule has 0 radical (unpaired) electrons. The maximum atomic E-state index is 12.8. The van der Waals surface area contributed by atoms with Crippen molar-refractivity contribution in [2.75, 3.05) is 5.32 Å². The van der Waals surface area contributed by atoms with Gasteiger partial charge in [0.05, 0.1) is 23.9 Å². The van der Waals surface area contributed by atoms with E-state index in [0.29, 0.717) is 18.0 Å². The molecule has 1 amide bonds. The molecule has 0 saturated carbocycles. The second-order valence-electron chi connectivity index (χ2n) is 7.78. The van der Waals surface area contributed by atoms with Gasteiger partial charge in [0.25, 0.3) is 0 Å². The van der Waals surface area contributed by atoms with E-state index in [2.05, 4.69) is 36.4 Å². The molecule has 8 nitrogen and oxygen atoms in total. The molecule has 5 rings (SSSR count). The Morgan fingerprint density at radius 2 is 1.91 bits per heavy atom. The number of carbonyl (C=O) groups is 1. The minimum absolute atomic E-state index is 0.0254. The van der Waals surface area contributed by atoms with Crippen LogP contribution in [0.15, 0.2) is 69.9 Å². The first kappa shape index (κ1) is 21.1. The molecule has 0 unspecified atom stereocenters. The molecule has 33 heavy (non-hydrogen) atoms. The minimum Gasteiger partial charge on any atom is -0.464 e. The molecule has 0 spiro atoms. The Balaban J connectivity index is 1.34. The largest absolute Gasteiger partial charge is 0.464 e. The first-order chi connectivity index (χ1) is 16.0. The van der Waals surface area contributed by atoms with Gasteiger partial charge >= 0.3 is 0 Å². The zero-order valence-electron chi connectivity index (χ0n) is 18.1. The Hall–Kier alpha value is -3.72. The van der Waals surface area contributed by atoms with Crippen LogP contribution in [0.3, 0.4) is 0 Å². The van der Waals surface area contributed by atoms with Gasteiger partial charge in [-0.05, 0) is 49.7 Å². The fourth-order valence-electron chi connectivity index (χ4n) is 3.84. The van der Waals surface area contributed by atoms with E-state index in [1.165, 1.54) is 0 Å². The van der Waals surface area contributed by atoms with Gasteiger partial charge in [0.15, 0.2) is 11.5 Å². The van der Waals surface area contributed by atoms with Crippen molar-refractivity contribution in [1.29, 1.82) is 0 Å². The highest BCUT2D eigenvalue weighted by Crippen LogP contribution is 2.30. The van der Waals surface area contributed by atoms with Crippen LogP contribution in [0.1, 0.15) is 17.0 Å². The van der Waals surface area contributed by atoms with E-state index >= 15 is 0 Å². The highest BCUT2D eigenvalue weighted by molar-refractivity contribution is 9.10. The van der Waals surface area contributed by atoms with Crippen molar-refractivity contribution in [1.82, 2.24) is 24.5 Å². The monoisotopic (exact) mass is 504 g/mol. The van der Waals surface area contributed by atoms with Crippen LogP contribution in [0.5, 0.6) is 0 Å². The summed E-state index contributed by atoms with van der Waals surface area (Å²) in [4.78, 5) is 17.3. The van der Waals surface area contributed by atoms with Gasteiger partial charge in [0.2, 0.25) is 5.91 Å². The second-order valence-corrected chi connectivity index (χ2v) is 8.70. The first-order valence-corrected chi connectivity index (χ1v) is 11.2. The molecular weight excluding hydrogens is 484 g/mol. The standard InChI is InChI=1S/C24H21BrN6O2/c1-15-12-21(29-30(15)13-17-5-7-18(25)8-6-17)27-22(32)14-31-24-23(16(2)28-31)19(9-10-26-24)20-4-3-11-33-20/h3-12H,13-14H2,1-2H3,(H,27,29,32). The number of benzene rings is 1. The van der Waals surface area contributed by atoms with Crippen molar-refractivity contribution in [3.05, 3.63) is 82.4 Å². The summed E-state index contributed by atoms with van der Waals surface area (Å²) < 4.78 is 10.1. The van der Waals surface area contributed by atoms with Crippen molar-refractivity contribution in [2.45, 2.75) is 26.9 Å². The topological polar surface area (TPSA) is 90.8 Å². The average Bonchev–Trinajstić information content (AvgIpc) is 3.51. The molecule has 0 atom stereocenters. The lowest BCUT2D eigenvalue weighted by molar-refractivity contribution is -0.116. The van der Waals surface area contributed by atoms with E-state index in [4.69, 9.17) is 4.42 Å². The average molecular weight is 505 g/mol. The molecule has 0 aliphatic heterocycles. The Kier molecular flexibility index (Phi) is 5.55. The second kappa shape index (κ2) is 8.67. The van der Waals surface area contributed by atoms with Crippen molar-refractivity contribution < 1.29 is 9.21 Å². The Morgan fingerprint density at radius 3 is 2.67 bits per heavy atom. The number of furan rings is 1. The number of anilines is 1. The number of nitrogens with one attached hydrogen (secondary N) is 1. The van der Waals surface area contributed by atoms with Crippen LogP contribution < -0.4 is 5.32 Å². The van der Waals surface area contributed by atoms with Gasteiger partial charge in [-0.1, -0.05) is 28.1 Å². The number of amides is 1. The molecule has 9 heteroatoms. The van der Waals surface area contributed by atoms with E-state index in [-0.39, 0.29) is 12.5 Å². The van der Waals surface area contributed by atoms with Crippen molar-refractivity contribution in [2.24, 2.45) is 0 Å². The third kappa shape index (κ3) is 4.31. The van der Waals surface area contributed by atoms with Crippen molar-refractivity contribution in [3.63, 3.8) is 0 Å². The smallest absolute Gasteiger partial charge is 0.247 e. The van der Waals surface area contributed by atoms with Crippen molar-refractivity contribution in [3.8, 4) is 11.3 Å². The predicted octanol–water partition coefficient (Wildman–Crippen LogP) is 4.95. The number of hydrogen-bond donors (Lipinski definition) is 1. The third-order valence-corrected chi connectivity index (χ3v) is 5.91. The van der Waals surface area contributed by atoms with E-state index in [1.807, 2.05) is 67.1 Å². The van der Waals surface area contributed by atoms with Gasteiger partial charge in [-0.15, -0.1) is 0 Å². The van der Waals surface area contributed by atoms with Gasteiger partial charge in [-0.2, -0.15) is 10.2 Å². The van der Waals surface area contributed by atoms with Gasteiger partial charge in [0, 0.05) is 28.0 Å². The number of halogens is 1. The van der Waals surface area contributed by atoms with Gasteiger partial charge in [0.1, 0.15) is 12.3 Å². The summed E-state index contributed by atoms with van der Waals surface area (Å²) >= 11 is 3.45. The molecule has 0 saturated heterocycles. The SMILES string of the molecule is Cc1nn(CC(=O)Nc2cc(C)n(Cc3ccc(Br)cc3)n2)c2nccc(-c3ccco3)c12. The number of aromatic nitrogens is 5. The quantitative estimate of drug-likeness (QED) is 0.353. The highest BCUT2D eigenvalue weighted by atomic mass is 79.9. The molecule has 5 aromatic rings. The summed E-state index contributed by atoms with van der Waals surface area (Å²) in [5, 5.41) is 12.8. The Morgan fingerprint density at radius 1 is 1.09 bits per heavy atom. The molecule has 166 valence electrons. The first-order valence-electron chi connectivity index (χ1n) is 10.4. The van der Waals surface area contributed by atoms with Crippen LogP contribution in [-0.4, -0.2) is 30.5 Å². The third-order valence-electron chi connectivity index (χ3n) is 5.38. The summed E-state index contributed by atoms with van der Waals surface area (Å²) in [5.74, 6) is 1.02. The maximum absolute atomic E-state index is 12.8. The van der Waals surface area contributed by atoms with Crippen LogP contribution in [0.25, 0.3) is 22.4 Å². The van der Waals surface area contributed by atoms with Gasteiger partial charge in [-0.25, -0.2) is 9.67 Å². The fourth-order valence-corrected chi connectivity index (χ4v) is 4.11. The molecule has 0 fully saturated rings. The normalized spacial score (nSPS) is 11.2. The zero-order valence-corrected chi connectivity index (χ0v) is 19.7. The van der Waals surface area contributed by atoms with Gasteiger partial charge < -0.3 is 9.73 Å². The molecular formula is C24H21BrN6O2. The van der Waals surface area contributed by atoms with E-state index in [1.54, 1.807) is 17.1 Å². The summed E-state index contributed by atoms with van der Waals surface area (Å²) in [5.41, 5.74) is 4.40. The van der Waals surface area contributed by atoms with Crippen LogP contribution >= 0.6 is 15.9 Å². The van der Waals surface area contributed by atoms with E-state index < -0.39 is 0 Å². The van der Waals surface area contributed by atoms with Crippen LogP contribution in [0.4, 0.5) is 5.82 Å². The Labute approximate surface area is 198 Å². The van der Waals surface area contributed by atoms with E-state index in [9.17, 15) is 4.79 Å². The number of rotatable bonds is 6. The number of carbonyl (C=O) groups excluding carboxylic acids is 1. The summed E-state index contributed by atoms with van der Waals surface area (Å²) in [6.07, 6.45) is 3.33. The predicted molar refractivity (Wildman–Crippen MR) is 129 cm³/mol. The molecule has 1 aromatic carbocycles. The number of aryl methyl sites for hydroxylation is 2. The maximum Gasteiger partial charge on any atom is 0.247 e. The highest BCUT2D eigenvalue weighted by Gasteiger charge is 2.17. The molecule has 0 aliphatic carbocycles. The lowest BCUT2D eigenvalue weighted by atomic mass is 10.1. The van der Waals surface area contributed by atoms with Gasteiger partial charge in [-0.3, -0.25) is 9.48 Å². The Bertz CT molecular complexity index is 1430. The molecule has 0 aliphatic rings. The lowest BCUT2D eigenvalue weighted by Crippen LogP contribution is -2.20. The molecule has 4 heterocycles. The molecule has 4 aromatic heterocycles. The number of pyridine rings is 1. The summed E-state index contributed by atoms with van der Waals surface area (Å²) in [6.45, 7) is 4.51. The number of fused-ring (bicyclic) bond motifs is 1. The summed E-state index contributed by atoms with van der Waals surface area (Å²) in [7, 11) is 0.